The summed E-state index contributed by atoms with van der Waals surface area (Å²) in [7, 11) is 0. The quantitative estimate of drug-likeness (QED) is 0.721. The van der Waals surface area contributed by atoms with Crippen LogP contribution in [-0.4, -0.2) is 10.9 Å². The maximum absolute atomic E-state index is 12.2. The summed E-state index contributed by atoms with van der Waals surface area (Å²) in [6.45, 7) is 0. The van der Waals surface area contributed by atoms with Crippen LogP contribution in [0.2, 0.25) is 0 Å². The molecular weight excluding hydrogens is 266 g/mol. The smallest absolute Gasteiger partial charge is 0.257 e. The minimum absolute atomic E-state index is 0.247. The summed E-state index contributed by atoms with van der Waals surface area (Å²) in [6.07, 6.45) is 2.99. The number of nitrogens with zero attached hydrogens (tertiary/aromatic N) is 1. The van der Waals surface area contributed by atoms with Crippen LogP contribution in [0.15, 0.2) is 65.5 Å². The molecule has 0 saturated carbocycles. The minimum atomic E-state index is -0.247. The Balaban J connectivity index is 1.84. The Bertz CT molecular complexity index is 767. The summed E-state index contributed by atoms with van der Waals surface area (Å²) in [6, 6.07) is 14.3. The molecule has 3 aromatic rings. The third-order valence-electron chi connectivity index (χ3n) is 3.04. The van der Waals surface area contributed by atoms with E-state index in [-0.39, 0.29) is 5.91 Å². The molecule has 0 spiro atoms. The number of aromatic nitrogens is 1. The molecule has 21 heavy (non-hydrogen) atoms. The summed E-state index contributed by atoms with van der Waals surface area (Å²) < 4.78 is 5.24. The summed E-state index contributed by atoms with van der Waals surface area (Å²) in [5, 5.41) is 2.82. The van der Waals surface area contributed by atoms with E-state index in [1.807, 2.05) is 18.2 Å². The van der Waals surface area contributed by atoms with Gasteiger partial charge in [-0.25, -0.2) is 4.98 Å². The van der Waals surface area contributed by atoms with Crippen molar-refractivity contribution in [3.05, 3.63) is 66.7 Å². The second-order valence-electron chi connectivity index (χ2n) is 4.49. The largest absolute Gasteiger partial charge is 0.444 e. The molecule has 0 fully saturated rings. The number of amides is 1. The topological polar surface area (TPSA) is 81.2 Å². The fraction of sp³-hybridized carbons (Fsp3) is 0. The molecule has 0 bridgehead atoms. The van der Waals surface area contributed by atoms with Gasteiger partial charge in [-0.1, -0.05) is 24.3 Å². The van der Waals surface area contributed by atoms with Gasteiger partial charge >= 0.3 is 0 Å². The van der Waals surface area contributed by atoms with Crippen molar-refractivity contribution in [3.8, 4) is 11.3 Å². The van der Waals surface area contributed by atoms with Gasteiger partial charge in [0, 0.05) is 16.9 Å². The number of carbonyl (C=O) groups excluding carboxylic acids is 1. The predicted octanol–water partition coefficient (Wildman–Crippen LogP) is 3.18. The monoisotopic (exact) mass is 279 g/mol. The zero-order valence-electron chi connectivity index (χ0n) is 11.1. The minimum Gasteiger partial charge on any atom is -0.444 e. The molecule has 0 aliphatic heterocycles. The van der Waals surface area contributed by atoms with Crippen molar-refractivity contribution in [2.45, 2.75) is 0 Å². The summed E-state index contributed by atoms with van der Waals surface area (Å²) in [5.41, 5.74) is 8.19. The number of carbonyl (C=O) groups is 1. The van der Waals surface area contributed by atoms with Gasteiger partial charge in [-0.3, -0.25) is 4.79 Å². The lowest BCUT2D eigenvalue weighted by Crippen LogP contribution is -2.13. The maximum Gasteiger partial charge on any atom is 0.257 e. The van der Waals surface area contributed by atoms with Crippen LogP contribution in [0, 0.1) is 0 Å². The van der Waals surface area contributed by atoms with Gasteiger partial charge in [-0.15, -0.1) is 0 Å². The molecule has 2 aromatic carbocycles. The van der Waals surface area contributed by atoms with Crippen molar-refractivity contribution < 1.29 is 9.21 Å². The van der Waals surface area contributed by atoms with Gasteiger partial charge in [0.15, 0.2) is 12.2 Å². The molecule has 0 aliphatic carbocycles. The highest BCUT2D eigenvalue weighted by Crippen LogP contribution is 2.22. The number of nitrogen functional groups attached to an aromatic ring is 1. The molecule has 104 valence electrons. The van der Waals surface area contributed by atoms with Gasteiger partial charge in [0.25, 0.3) is 5.91 Å². The fourth-order valence-corrected chi connectivity index (χ4v) is 2.01. The molecule has 3 N–H and O–H groups in total. The number of nitrogens with one attached hydrogen (secondary N) is 1. The highest BCUT2D eigenvalue weighted by atomic mass is 16.3. The van der Waals surface area contributed by atoms with Crippen molar-refractivity contribution in [3.63, 3.8) is 0 Å². The van der Waals surface area contributed by atoms with Gasteiger partial charge < -0.3 is 15.5 Å². The molecule has 0 saturated heterocycles. The summed E-state index contributed by atoms with van der Waals surface area (Å²) in [4.78, 5) is 16.1. The number of rotatable bonds is 3. The Labute approximate surface area is 121 Å². The predicted molar refractivity (Wildman–Crippen MR) is 80.7 cm³/mol. The van der Waals surface area contributed by atoms with Crippen LogP contribution in [0.1, 0.15) is 10.4 Å². The first-order chi connectivity index (χ1) is 10.2. The second-order valence-corrected chi connectivity index (χ2v) is 4.49. The first kappa shape index (κ1) is 12.9. The molecule has 5 nitrogen and oxygen atoms in total. The van der Waals surface area contributed by atoms with E-state index in [1.165, 1.54) is 6.39 Å². The van der Waals surface area contributed by atoms with Crippen LogP contribution < -0.4 is 11.1 Å². The van der Waals surface area contributed by atoms with Crippen LogP contribution in [0.4, 0.5) is 11.4 Å². The molecule has 1 aromatic heterocycles. The first-order valence-electron chi connectivity index (χ1n) is 6.39. The van der Waals surface area contributed by atoms with E-state index in [0.717, 1.165) is 5.56 Å². The van der Waals surface area contributed by atoms with Gasteiger partial charge in [0.05, 0.1) is 11.8 Å². The second kappa shape index (κ2) is 5.50. The SMILES string of the molecule is Nc1ccccc1C(=O)Nc1cccc(-c2cnco2)c1. The van der Waals surface area contributed by atoms with E-state index in [1.54, 1.807) is 36.5 Å². The van der Waals surface area contributed by atoms with E-state index in [9.17, 15) is 4.79 Å². The highest BCUT2D eigenvalue weighted by Gasteiger charge is 2.10. The Morgan fingerprint density at radius 1 is 1.14 bits per heavy atom. The molecule has 0 radical (unpaired) electrons. The summed E-state index contributed by atoms with van der Waals surface area (Å²) >= 11 is 0. The Kier molecular flexibility index (Phi) is 3.39. The zero-order valence-corrected chi connectivity index (χ0v) is 11.1. The average molecular weight is 279 g/mol. The molecular formula is C16H13N3O2. The number of nitrogens with two attached hydrogens (primary N) is 1. The van der Waals surface area contributed by atoms with Gasteiger partial charge in [-0.2, -0.15) is 0 Å². The van der Waals surface area contributed by atoms with E-state index >= 15 is 0 Å². The Hall–Kier alpha value is -3.08. The lowest BCUT2D eigenvalue weighted by Gasteiger charge is -2.08. The Morgan fingerprint density at radius 2 is 2.00 bits per heavy atom. The normalized spacial score (nSPS) is 10.3. The van der Waals surface area contributed by atoms with E-state index in [0.29, 0.717) is 22.7 Å². The van der Waals surface area contributed by atoms with E-state index in [4.69, 9.17) is 10.2 Å². The average Bonchev–Trinajstić information content (AvgIpc) is 3.02. The number of oxazole rings is 1. The number of anilines is 2. The standard InChI is InChI=1S/C16H13N3O2/c17-14-7-2-1-6-13(14)16(20)19-12-5-3-4-11(8-12)15-9-18-10-21-15/h1-10H,17H2,(H,19,20). The third-order valence-corrected chi connectivity index (χ3v) is 3.04. The maximum atomic E-state index is 12.2. The van der Waals surface area contributed by atoms with Gasteiger partial charge in [-0.05, 0) is 24.3 Å². The molecule has 0 aliphatic rings. The molecule has 0 unspecified atom stereocenters. The van der Waals surface area contributed by atoms with Crippen LogP contribution in [0.3, 0.4) is 0 Å². The molecule has 1 amide bonds. The van der Waals surface area contributed by atoms with E-state index < -0.39 is 0 Å². The number of benzene rings is 2. The van der Waals surface area contributed by atoms with Crippen LogP contribution >= 0.6 is 0 Å². The van der Waals surface area contributed by atoms with Crippen LogP contribution in [0.5, 0.6) is 0 Å². The van der Waals surface area contributed by atoms with Crippen molar-refractivity contribution >= 4 is 17.3 Å². The van der Waals surface area contributed by atoms with Crippen molar-refractivity contribution in [1.82, 2.24) is 4.98 Å². The number of para-hydroxylation sites is 1. The van der Waals surface area contributed by atoms with Crippen LogP contribution in [0.25, 0.3) is 11.3 Å². The van der Waals surface area contributed by atoms with Crippen LogP contribution in [-0.2, 0) is 0 Å². The number of hydrogen-bond donors (Lipinski definition) is 2. The molecule has 3 rings (SSSR count). The highest BCUT2D eigenvalue weighted by molar-refractivity contribution is 6.07. The summed E-state index contributed by atoms with van der Waals surface area (Å²) in [5.74, 6) is 0.396. The fourth-order valence-electron chi connectivity index (χ4n) is 2.01. The Morgan fingerprint density at radius 3 is 2.76 bits per heavy atom. The molecule has 5 heteroatoms. The zero-order chi connectivity index (χ0) is 14.7. The lowest BCUT2D eigenvalue weighted by molar-refractivity contribution is 0.102. The van der Waals surface area contributed by atoms with Gasteiger partial charge in [0.2, 0.25) is 0 Å². The van der Waals surface area contributed by atoms with Gasteiger partial charge in [0.1, 0.15) is 0 Å². The number of hydrogen-bond acceptors (Lipinski definition) is 4. The van der Waals surface area contributed by atoms with E-state index in [2.05, 4.69) is 10.3 Å². The lowest BCUT2D eigenvalue weighted by atomic mass is 10.1. The first-order valence-corrected chi connectivity index (χ1v) is 6.39. The molecule has 0 atom stereocenters. The van der Waals surface area contributed by atoms with Crippen molar-refractivity contribution in [2.75, 3.05) is 11.1 Å². The van der Waals surface area contributed by atoms with Crippen molar-refractivity contribution in [2.24, 2.45) is 0 Å². The molecule has 1 heterocycles. The van der Waals surface area contributed by atoms with Crippen molar-refractivity contribution in [1.29, 1.82) is 0 Å². The third kappa shape index (κ3) is 2.76.